The third kappa shape index (κ3) is 2.98. The van der Waals surface area contributed by atoms with Crippen molar-refractivity contribution in [1.82, 2.24) is 10.4 Å². The van der Waals surface area contributed by atoms with Crippen LogP contribution >= 0.6 is 0 Å². The second-order valence-corrected chi connectivity index (χ2v) is 7.31. The highest BCUT2D eigenvalue weighted by Crippen LogP contribution is 2.35. The second-order valence-electron chi connectivity index (χ2n) is 7.31. The minimum Gasteiger partial charge on any atom is -0.495 e. The number of hydrazine groups is 1. The molecule has 0 aliphatic carbocycles. The molecule has 9 nitrogen and oxygen atoms in total. The third-order valence-electron chi connectivity index (χ3n) is 5.48. The zero-order valence-corrected chi connectivity index (χ0v) is 17.2. The van der Waals surface area contributed by atoms with E-state index in [4.69, 9.17) is 4.74 Å². The third-order valence-corrected chi connectivity index (χ3v) is 5.48. The number of benzene rings is 3. The van der Waals surface area contributed by atoms with Gasteiger partial charge in [0.1, 0.15) is 5.75 Å². The molecular weight excluding hydrogens is 426 g/mol. The van der Waals surface area contributed by atoms with E-state index >= 15 is 0 Å². The maximum absolute atomic E-state index is 13.0. The number of methoxy groups -OCH3 is 1. The maximum Gasteiger partial charge on any atom is 0.280 e. The summed E-state index contributed by atoms with van der Waals surface area (Å²) in [7, 11) is 1.43. The molecule has 3 aromatic rings. The van der Waals surface area contributed by atoms with Crippen LogP contribution in [0, 0.1) is 0 Å². The fourth-order valence-corrected chi connectivity index (χ4v) is 3.87. The molecule has 0 bridgehead atoms. The smallest absolute Gasteiger partial charge is 0.280 e. The first kappa shape index (κ1) is 20.1. The fourth-order valence-electron chi connectivity index (χ4n) is 3.87. The molecule has 0 fully saturated rings. The first-order valence-electron chi connectivity index (χ1n) is 9.87. The molecule has 5 amide bonds. The second kappa shape index (κ2) is 7.41. The Labute approximate surface area is 187 Å². The number of ether oxygens (including phenoxy) is 1. The molecule has 9 heteroatoms. The molecular formula is C24H15N3O6. The van der Waals surface area contributed by atoms with Crippen molar-refractivity contribution in [1.29, 1.82) is 0 Å². The zero-order chi connectivity index (χ0) is 23.3. The molecule has 1 N–H and O–H groups in total. The van der Waals surface area contributed by atoms with Gasteiger partial charge in [-0.2, -0.15) is 5.01 Å². The molecule has 0 radical (unpaired) electrons. The average Bonchev–Trinajstić information content (AvgIpc) is 3.23. The lowest BCUT2D eigenvalue weighted by atomic mass is 10.1. The molecule has 0 atom stereocenters. The van der Waals surface area contributed by atoms with Gasteiger partial charge in [-0.1, -0.05) is 24.3 Å². The van der Waals surface area contributed by atoms with E-state index in [0.717, 1.165) is 4.90 Å². The number of carbonyl (C=O) groups excluding carboxylic acids is 5. The number of rotatable bonds is 4. The van der Waals surface area contributed by atoms with Gasteiger partial charge in [0, 0.05) is 5.56 Å². The summed E-state index contributed by atoms with van der Waals surface area (Å²) in [6.07, 6.45) is 0. The number of nitrogens with zero attached hydrogens (tertiary/aromatic N) is 2. The normalized spacial score (nSPS) is 14.5. The molecule has 0 spiro atoms. The summed E-state index contributed by atoms with van der Waals surface area (Å²) in [5.41, 5.74) is 3.10. The van der Waals surface area contributed by atoms with Gasteiger partial charge in [-0.3, -0.25) is 29.4 Å². The molecule has 2 heterocycles. The summed E-state index contributed by atoms with van der Waals surface area (Å²) in [4.78, 5) is 64.7. The highest BCUT2D eigenvalue weighted by Gasteiger charge is 2.40. The number of hydrogen-bond acceptors (Lipinski definition) is 6. The van der Waals surface area contributed by atoms with Crippen molar-refractivity contribution in [2.45, 2.75) is 0 Å². The molecule has 3 aromatic carbocycles. The standard InChI is InChI=1S/C24H15N3O6/c1-33-19-9-5-4-8-18(19)26-21(29)16-11-10-13(12-17(16)22(26)30)20(28)25-27-23(31)14-6-2-3-7-15(14)24(27)32/h2-12H,1H3,(H,25,28). The lowest BCUT2D eigenvalue weighted by Gasteiger charge is -2.16. The molecule has 33 heavy (non-hydrogen) atoms. The Bertz CT molecular complexity index is 1360. The molecule has 2 aliphatic rings. The number of fused-ring (bicyclic) bond motifs is 2. The van der Waals surface area contributed by atoms with Crippen molar-refractivity contribution >= 4 is 35.2 Å². The minimum absolute atomic E-state index is 0.00772. The van der Waals surface area contributed by atoms with Crippen molar-refractivity contribution in [2.24, 2.45) is 0 Å². The molecule has 0 unspecified atom stereocenters. The Morgan fingerprint density at radius 1 is 0.727 bits per heavy atom. The van der Waals surface area contributed by atoms with E-state index in [9.17, 15) is 24.0 Å². The topological polar surface area (TPSA) is 113 Å². The summed E-state index contributed by atoms with van der Waals surface area (Å²) >= 11 is 0. The number of para-hydroxylation sites is 2. The number of nitrogens with one attached hydrogen (secondary N) is 1. The monoisotopic (exact) mass is 441 g/mol. The first-order chi connectivity index (χ1) is 15.9. The van der Waals surface area contributed by atoms with Crippen LogP contribution in [-0.4, -0.2) is 41.7 Å². The van der Waals surface area contributed by atoms with Crippen LogP contribution in [-0.2, 0) is 0 Å². The Morgan fingerprint density at radius 2 is 1.30 bits per heavy atom. The van der Waals surface area contributed by atoms with Crippen LogP contribution in [0.25, 0.3) is 0 Å². The molecule has 5 rings (SSSR count). The highest BCUT2D eigenvalue weighted by atomic mass is 16.5. The summed E-state index contributed by atoms with van der Waals surface area (Å²) in [5, 5.41) is 0.633. The molecule has 2 aliphatic heterocycles. The van der Waals surface area contributed by atoms with Crippen molar-refractivity contribution < 1.29 is 28.7 Å². The van der Waals surface area contributed by atoms with Crippen LogP contribution in [0.2, 0.25) is 0 Å². The van der Waals surface area contributed by atoms with E-state index in [1.807, 2.05) is 0 Å². The molecule has 0 saturated heterocycles. The van der Waals surface area contributed by atoms with Gasteiger partial charge in [-0.25, -0.2) is 4.90 Å². The zero-order valence-electron chi connectivity index (χ0n) is 17.2. The van der Waals surface area contributed by atoms with Gasteiger partial charge in [0.25, 0.3) is 29.5 Å². The number of carbonyl (C=O) groups is 5. The van der Waals surface area contributed by atoms with Crippen molar-refractivity contribution in [2.75, 3.05) is 12.0 Å². The molecule has 0 aromatic heterocycles. The van der Waals surface area contributed by atoms with Crippen LogP contribution in [0.15, 0.2) is 66.7 Å². The average molecular weight is 441 g/mol. The lowest BCUT2D eigenvalue weighted by Crippen LogP contribution is -2.45. The van der Waals surface area contributed by atoms with Gasteiger partial charge in [-0.05, 0) is 42.5 Å². The SMILES string of the molecule is COc1ccccc1N1C(=O)c2ccc(C(=O)NN3C(=O)c4ccccc4C3=O)cc2C1=O. The predicted octanol–water partition coefficient (Wildman–Crippen LogP) is 2.44. The summed E-state index contributed by atoms with van der Waals surface area (Å²) in [5.74, 6) is -2.90. The van der Waals surface area contributed by atoms with Crippen LogP contribution in [0.1, 0.15) is 51.8 Å². The van der Waals surface area contributed by atoms with Crippen molar-refractivity contribution in [3.63, 3.8) is 0 Å². The summed E-state index contributed by atoms with van der Waals surface area (Å²) < 4.78 is 5.26. The van der Waals surface area contributed by atoms with Crippen LogP contribution in [0.5, 0.6) is 5.75 Å². The Kier molecular flexibility index (Phi) is 4.52. The van der Waals surface area contributed by atoms with E-state index in [1.54, 1.807) is 36.4 Å². The first-order valence-corrected chi connectivity index (χ1v) is 9.87. The van der Waals surface area contributed by atoms with E-state index in [0.29, 0.717) is 10.8 Å². The Hall–Kier alpha value is -4.79. The van der Waals surface area contributed by atoms with Crippen LogP contribution < -0.4 is 15.1 Å². The minimum atomic E-state index is -0.775. The summed E-state index contributed by atoms with van der Waals surface area (Å²) in [6, 6.07) is 16.8. The van der Waals surface area contributed by atoms with Gasteiger partial charge >= 0.3 is 0 Å². The van der Waals surface area contributed by atoms with E-state index in [1.165, 1.54) is 37.4 Å². The van der Waals surface area contributed by atoms with Gasteiger partial charge < -0.3 is 4.74 Å². The predicted molar refractivity (Wildman–Crippen MR) is 115 cm³/mol. The summed E-state index contributed by atoms with van der Waals surface area (Å²) in [6.45, 7) is 0. The number of imide groups is 2. The fraction of sp³-hybridized carbons (Fsp3) is 0.0417. The van der Waals surface area contributed by atoms with Gasteiger partial charge in [0.2, 0.25) is 0 Å². The van der Waals surface area contributed by atoms with Gasteiger partial charge in [-0.15, -0.1) is 0 Å². The Balaban J connectivity index is 1.43. The largest absolute Gasteiger partial charge is 0.495 e. The molecule has 162 valence electrons. The van der Waals surface area contributed by atoms with Gasteiger partial charge in [0.15, 0.2) is 0 Å². The quantitative estimate of drug-likeness (QED) is 0.623. The van der Waals surface area contributed by atoms with E-state index in [2.05, 4.69) is 5.43 Å². The number of amides is 5. The number of anilines is 1. The maximum atomic E-state index is 13.0. The van der Waals surface area contributed by atoms with Crippen molar-refractivity contribution in [3.05, 3.63) is 94.5 Å². The van der Waals surface area contributed by atoms with Crippen LogP contribution in [0.4, 0.5) is 5.69 Å². The number of hydrogen-bond donors (Lipinski definition) is 1. The van der Waals surface area contributed by atoms with Crippen molar-refractivity contribution in [3.8, 4) is 5.75 Å². The van der Waals surface area contributed by atoms with Gasteiger partial charge in [0.05, 0.1) is 35.1 Å². The Morgan fingerprint density at radius 3 is 1.97 bits per heavy atom. The van der Waals surface area contributed by atoms with E-state index in [-0.39, 0.29) is 33.5 Å². The lowest BCUT2D eigenvalue weighted by molar-refractivity contribution is 0.0518. The van der Waals surface area contributed by atoms with E-state index < -0.39 is 29.5 Å². The highest BCUT2D eigenvalue weighted by molar-refractivity contribution is 6.35. The molecule has 0 saturated carbocycles. The van der Waals surface area contributed by atoms with Crippen LogP contribution in [0.3, 0.4) is 0 Å².